The van der Waals surface area contributed by atoms with Gasteiger partial charge in [-0.3, -0.25) is 0 Å². The van der Waals surface area contributed by atoms with Gasteiger partial charge in [-0.1, -0.05) is 138 Å². The maximum absolute atomic E-state index is 2.90. The fraction of sp³-hybridized carbons (Fsp3) is 0.300. The zero-order valence-corrected chi connectivity index (χ0v) is 39.0. The second kappa shape index (κ2) is 12.4. The van der Waals surface area contributed by atoms with Crippen LogP contribution in [0.15, 0.2) is 140 Å². The summed E-state index contributed by atoms with van der Waals surface area (Å²) in [5.74, 6) is 0. The normalized spacial score (nSPS) is 25.1. The van der Waals surface area contributed by atoms with E-state index in [1.807, 2.05) is 0 Å². The third-order valence-electron chi connectivity index (χ3n) is 17.9. The predicted octanol–water partition coefficient (Wildman–Crippen LogP) is 12.8. The van der Waals surface area contributed by atoms with Gasteiger partial charge >= 0.3 is 0 Å². The second-order valence-corrected chi connectivity index (χ2v) is 22.1. The minimum absolute atomic E-state index is 0.0227. The Hall–Kier alpha value is -6.00. The standard InChI is InChI=1S/C60H58BN3/c1-37-17-16-20-42(31-37)62-51-32-38(2)25-26-48(51)61-49-34-41(56(3,4)5)33-47-55(49)64(60(9)45-22-13-11-19-40(45)28-30-58(47,60)7)53-36-43(35-52(62)54(53)61)63-50-24-15-14-23-46(50)57(6)29-27-39-18-10-12-21-44(39)59(57,63)8/h10-26,31-36H,27-30H2,1-9H3. The van der Waals surface area contributed by atoms with Gasteiger partial charge in [0.1, 0.15) is 0 Å². The Labute approximate surface area is 380 Å². The van der Waals surface area contributed by atoms with Crippen LogP contribution in [0.1, 0.15) is 111 Å². The van der Waals surface area contributed by atoms with E-state index in [0.717, 1.165) is 25.7 Å². The van der Waals surface area contributed by atoms with Crippen LogP contribution in [0.4, 0.5) is 39.8 Å². The van der Waals surface area contributed by atoms with E-state index in [1.165, 1.54) is 106 Å². The molecule has 0 aromatic heterocycles. The zero-order valence-electron chi connectivity index (χ0n) is 39.0. The molecule has 0 saturated carbocycles. The number of aryl methyl sites for hydroxylation is 4. The first-order chi connectivity index (χ1) is 30.7. The molecule has 2 aliphatic carbocycles. The van der Waals surface area contributed by atoms with Gasteiger partial charge in [0.15, 0.2) is 0 Å². The smallest absolute Gasteiger partial charge is 0.252 e. The largest absolute Gasteiger partial charge is 0.331 e. The number of hydrogen-bond donors (Lipinski definition) is 0. The topological polar surface area (TPSA) is 9.72 Å². The highest BCUT2D eigenvalue weighted by molar-refractivity contribution is 7.00. The van der Waals surface area contributed by atoms with Gasteiger partial charge in [0.05, 0.1) is 11.1 Å². The third kappa shape index (κ3) is 4.50. The molecular weight excluding hydrogens is 773 g/mol. The van der Waals surface area contributed by atoms with Crippen LogP contribution in [0.25, 0.3) is 0 Å². The lowest BCUT2D eigenvalue weighted by Gasteiger charge is -2.54. The van der Waals surface area contributed by atoms with E-state index < -0.39 is 0 Å². The van der Waals surface area contributed by atoms with Crippen molar-refractivity contribution in [1.29, 1.82) is 0 Å². The molecule has 0 spiro atoms. The van der Waals surface area contributed by atoms with E-state index in [4.69, 9.17) is 0 Å². The molecular formula is C60H58BN3. The van der Waals surface area contributed by atoms with Gasteiger partial charge in [-0.05, 0) is 162 Å². The van der Waals surface area contributed by atoms with Crippen molar-refractivity contribution < 1.29 is 0 Å². The summed E-state index contributed by atoms with van der Waals surface area (Å²) in [4.78, 5) is 8.32. The highest BCUT2D eigenvalue weighted by Gasteiger charge is 2.64. The Morgan fingerprint density at radius 2 is 1.09 bits per heavy atom. The lowest BCUT2D eigenvalue weighted by molar-refractivity contribution is 0.244. The van der Waals surface area contributed by atoms with Gasteiger partial charge in [0, 0.05) is 50.6 Å². The summed E-state index contributed by atoms with van der Waals surface area (Å²) in [5.41, 5.74) is 25.3. The zero-order chi connectivity index (χ0) is 43.9. The summed E-state index contributed by atoms with van der Waals surface area (Å²) in [7, 11) is 0. The molecule has 4 heterocycles. The summed E-state index contributed by atoms with van der Waals surface area (Å²) in [5, 5.41) is 0. The van der Waals surface area contributed by atoms with Crippen molar-refractivity contribution in [3.63, 3.8) is 0 Å². The van der Waals surface area contributed by atoms with Crippen molar-refractivity contribution >= 4 is 62.9 Å². The lowest BCUT2D eigenvalue weighted by Crippen LogP contribution is -2.64. The van der Waals surface area contributed by atoms with Crippen molar-refractivity contribution in [3.8, 4) is 0 Å². The Morgan fingerprint density at radius 1 is 0.484 bits per heavy atom. The summed E-state index contributed by atoms with van der Waals surface area (Å²) >= 11 is 0. The molecule has 4 unspecified atom stereocenters. The van der Waals surface area contributed by atoms with E-state index in [0.29, 0.717) is 0 Å². The summed E-state index contributed by atoms with van der Waals surface area (Å²) in [6, 6.07) is 55.1. The van der Waals surface area contributed by atoms with Crippen molar-refractivity contribution in [3.05, 3.63) is 190 Å². The molecule has 64 heavy (non-hydrogen) atoms. The van der Waals surface area contributed by atoms with Gasteiger partial charge in [0.2, 0.25) is 0 Å². The number of anilines is 7. The monoisotopic (exact) mass is 831 g/mol. The molecule has 0 amide bonds. The first kappa shape index (κ1) is 38.5. The first-order valence-corrected chi connectivity index (χ1v) is 23.9. The van der Waals surface area contributed by atoms with Gasteiger partial charge in [-0.2, -0.15) is 0 Å². The fourth-order valence-electron chi connectivity index (χ4n) is 14.3. The SMILES string of the molecule is Cc1cccc(N2c3cc(C)ccc3B3c4cc(C(C)(C)C)cc5c4N(c4cc(N6c7ccccc7C7(C)CCc8ccccc8C67C)cc2c43)C2(C)c3ccccc3CCC52C)c1. The molecule has 3 nitrogen and oxygen atoms in total. The minimum atomic E-state index is -0.340. The molecule has 4 heteroatoms. The maximum Gasteiger partial charge on any atom is 0.252 e. The highest BCUT2D eigenvalue weighted by Crippen LogP contribution is 2.67. The van der Waals surface area contributed by atoms with Gasteiger partial charge in [-0.25, -0.2) is 0 Å². The highest BCUT2D eigenvalue weighted by atomic mass is 15.3. The number of nitrogens with zero attached hydrogens (tertiary/aromatic N) is 3. The summed E-state index contributed by atoms with van der Waals surface area (Å²) in [6.45, 7) is 22.1. The number of rotatable bonds is 2. The molecule has 0 N–H and O–H groups in total. The average molecular weight is 832 g/mol. The second-order valence-electron chi connectivity index (χ2n) is 22.1. The molecule has 4 aliphatic heterocycles. The average Bonchev–Trinajstić information content (AvgIpc) is 3.63. The van der Waals surface area contributed by atoms with E-state index in [-0.39, 0.29) is 34.0 Å². The van der Waals surface area contributed by atoms with Crippen molar-refractivity contribution in [1.82, 2.24) is 0 Å². The quantitative estimate of drug-likeness (QED) is 0.161. The molecule has 6 aliphatic rings. The van der Waals surface area contributed by atoms with Crippen LogP contribution in [-0.4, -0.2) is 6.71 Å². The molecule has 316 valence electrons. The Bertz CT molecular complexity index is 3190. The van der Waals surface area contributed by atoms with Crippen LogP contribution in [-0.2, 0) is 40.2 Å². The van der Waals surface area contributed by atoms with Crippen LogP contribution in [0.2, 0.25) is 0 Å². The Kier molecular flexibility index (Phi) is 7.46. The molecule has 4 atom stereocenters. The van der Waals surface area contributed by atoms with Crippen LogP contribution in [0.3, 0.4) is 0 Å². The fourth-order valence-corrected chi connectivity index (χ4v) is 14.3. The lowest BCUT2D eigenvalue weighted by atomic mass is 9.33. The Balaban J connectivity index is 1.20. The number of benzene rings is 7. The van der Waals surface area contributed by atoms with Gasteiger partial charge in [0.25, 0.3) is 6.71 Å². The van der Waals surface area contributed by atoms with Crippen molar-refractivity contribution in [2.75, 3.05) is 14.7 Å². The summed E-state index contributed by atoms with van der Waals surface area (Å²) < 4.78 is 0. The molecule has 7 aromatic carbocycles. The molecule has 0 bridgehead atoms. The van der Waals surface area contributed by atoms with Crippen LogP contribution in [0.5, 0.6) is 0 Å². The molecule has 0 fully saturated rings. The van der Waals surface area contributed by atoms with Crippen molar-refractivity contribution in [2.24, 2.45) is 0 Å². The Morgan fingerprint density at radius 3 is 1.78 bits per heavy atom. The van der Waals surface area contributed by atoms with E-state index >= 15 is 0 Å². The molecule has 0 saturated heterocycles. The molecule has 13 rings (SSSR count). The van der Waals surface area contributed by atoms with Crippen LogP contribution < -0.4 is 31.1 Å². The molecule has 0 radical (unpaired) electrons. The number of hydrogen-bond acceptors (Lipinski definition) is 3. The number of fused-ring (bicyclic) bond motifs is 14. The van der Waals surface area contributed by atoms with E-state index in [1.54, 1.807) is 0 Å². The predicted molar refractivity (Wildman–Crippen MR) is 270 cm³/mol. The van der Waals surface area contributed by atoms with E-state index in [2.05, 4.69) is 217 Å². The van der Waals surface area contributed by atoms with Crippen LogP contribution >= 0.6 is 0 Å². The van der Waals surface area contributed by atoms with Gasteiger partial charge in [-0.15, -0.1) is 0 Å². The van der Waals surface area contributed by atoms with Crippen molar-refractivity contribution in [2.45, 2.75) is 115 Å². The molecule has 7 aromatic rings. The van der Waals surface area contributed by atoms with E-state index in [9.17, 15) is 0 Å². The third-order valence-corrected chi connectivity index (χ3v) is 17.9. The minimum Gasteiger partial charge on any atom is -0.331 e. The first-order valence-electron chi connectivity index (χ1n) is 23.9. The van der Waals surface area contributed by atoms with Crippen LogP contribution in [0, 0.1) is 13.8 Å². The number of para-hydroxylation sites is 1. The summed E-state index contributed by atoms with van der Waals surface area (Å²) in [6.07, 6.45) is 4.36. The maximum atomic E-state index is 2.90. The van der Waals surface area contributed by atoms with Gasteiger partial charge < -0.3 is 14.7 Å².